The first kappa shape index (κ1) is 21.4. The molecule has 3 saturated carbocycles. The Balaban J connectivity index is 1.61. The van der Waals surface area contributed by atoms with Gasteiger partial charge in [-0.25, -0.2) is 0 Å². The van der Waals surface area contributed by atoms with Gasteiger partial charge in [-0.15, -0.1) is 0 Å². The average Bonchev–Trinajstić information content (AvgIpc) is 3.11. The van der Waals surface area contributed by atoms with E-state index in [-0.39, 0.29) is 39.4 Å². The van der Waals surface area contributed by atoms with Crippen molar-refractivity contribution >= 4 is 0 Å². The highest BCUT2D eigenvalue weighted by atomic mass is 16.5. The number of phenolic OH excluding ortho intramolecular Hbond substituents is 2. The SMILES string of the molecule is Cc1cc(O)c(O)c2c1O[C@]1(C2)[C@@H](C)CC[C@@H]2[C@@]3(C)CC[C@H](O)C(C)(C)[C@@H]3CC[C@]21C. The molecule has 3 fully saturated rings. The molecule has 0 radical (unpaired) electrons. The molecule has 4 heteroatoms. The molecule has 5 rings (SSSR count). The lowest BCUT2D eigenvalue weighted by atomic mass is 9.37. The maximum atomic E-state index is 10.8. The molecule has 0 unspecified atom stereocenters. The van der Waals surface area contributed by atoms with Crippen molar-refractivity contribution in [3.05, 3.63) is 17.2 Å². The normalized spacial score (nSPS) is 45.5. The Morgan fingerprint density at radius 2 is 1.68 bits per heavy atom. The number of hydrogen-bond donors (Lipinski definition) is 3. The quantitative estimate of drug-likeness (QED) is 0.462. The van der Waals surface area contributed by atoms with Crippen LogP contribution in [-0.2, 0) is 6.42 Å². The lowest BCUT2D eigenvalue weighted by Crippen LogP contribution is -2.68. The summed E-state index contributed by atoms with van der Waals surface area (Å²) < 4.78 is 6.96. The van der Waals surface area contributed by atoms with Gasteiger partial charge in [0.25, 0.3) is 0 Å². The number of rotatable bonds is 0. The fraction of sp³-hybridized carbons (Fsp3) is 0.778. The largest absolute Gasteiger partial charge is 0.504 e. The van der Waals surface area contributed by atoms with E-state index in [1.807, 2.05) is 6.92 Å². The summed E-state index contributed by atoms with van der Waals surface area (Å²) in [6, 6.07) is 1.63. The zero-order valence-corrected chi connectivity index (χ0v) is 20.1. The van der Waals surface area contributed by atoms with Gasteiger partial charge in [-0.3, -0.25) is 0 Å². The second-order valence-electron chi connectivity index (χ2n) is 12.5. The first-order valence-corrected chi connectivity index (χ1v) is 12.3. The third-order valence-corrected chi connectivity index (χ3v) is 10.9. The molecule has 3 aliphatic carbocycles. The zero-order valence-electron chi connectivity index (χ0n) is 20.1. The number of aromatic hydroxyl groups is 2. The van der Waals surface area contributed by atoms with Gasteiger partial charge in [-0.05, 0) is 85.7 Å². The molecule has 31 heavy (non-hydrogen) atoms. The molecule has 0 bridgehead atoms. The van der Waals surface area contributed by atoms with Gasteiger partial charge in [-0.1, -0.05) is 34.6 Å². The van der Waals surface area contributed by atoms with Crippen LogP contribution in [-0.4, -0.2) is 27.0 Å². The van der Waals surface area contributed by atoms with Crippen LogP contribution < -0.4 is 4.74 Å². The van der Waals surface area contributed by atoms with Gasteiger partial charge >= 0.3 is 0 Å². The van der Waals surface area contributed by atoms with Crippen LogP contribution in [0.25, 0.3) is 0 Å². The molecular formula is C27H40O4. The van der Waals surface area contributed by atoms with Crippen molar-refractivity contribution in [2.75, 3.05) is 0 Å². The first-order valence-electron chi connectivity index (χ1n) is 12.3. The number of fused-ring (bicyclic) bond motifs is 5. The minimum atomic E-state index is -0.359. The number of phenols is 2. The van der Waals surface area contributed by atoms with E-state index in [0.29, 0.717) is 24.2 Å². The Morgan fingerprint density at radius 1 is 0.968 bits per heavy atom. The van der Waals surface area contributed by atoms with Crippen LogP contribution in [0.1, 0.15) is 84.3 Å². The molecule has 1 spiro atoms. The molecule has 0 saturated heterocycles. The number of aryl methyl sites for hydroxylation is 1. The van der Waals surface area contributed by atoms with Crippen molar-refractivity contribution in [1.82, 2.24) is 0 Å². The molecule has 7 atom stereocenters. The van der Waals surface area contributed by atoms with Gasteiger partial charge < -0.3 is 20.1 Å². The van der Waals surface area contributed by atoms with Crippen molar-refractivity contribution in [2.24, 2.45) is 34.0 Å². The Bertz CT molecular complexity index is 922. The first-order chi connectivity index (χ1) is 14.4. The summed E-state index contributed by atoms with van der Waals surface area (Å²) >= 11 is 0. The summed E-state index contributed by atoms with van der Waals surface area (Å²) in [4.78, 5) is 0. The van der Waals surface area contributed by atoms with Gasteiger partial charge in [0, 0.05) is 17.4 Å². The molecule has 1 aromatic rings. The van der Waals surface area contributed by atoms with E-state index in [4.69, 9.17) is 4.74 Å². The zero-order chi connectivity index (χ0) is 22.6. The third-order valence-electron chi connectivity index (χ3n) is 10.9. The van der Waals surface area contributed by atoms with Crippen LogP contribution in [0.5, 0.6) is 17.2 Å². The predicted molar refractivity (Wildman–Crippen MR) is 121 cm³/mol. The van der Waals surface area contributed by atoms with Crippen LogP contribution >= 0.6 is 0 Å². The summed E-state index contributed by atoms with van der Waals surface area (Å²) in [5.74, 6) is 2.15. The molecular weight excluding hydrogens is 388 g/mol. The van der Waals surface area contributed by atoms with Gasteiger partial charge in [-0.2, -0.15) is 0 Å². The Labute approximate surface area is 187 Å². The lowest BCUT2D eigenvalue weighted by Gasteiger charge is -2.69. The van der Waals surface area contributed by atoms with E-state index in [1.54, 1.807) is 6.07 Å². The molecule has 1 heterocycles. The molecule has 4 aliphatic rings. The van der Waals surface area contributed by atoms with E-state index in [9.17, 15) is 15.3 Å². The van der Waals surface area contributed by atoms with Crippen LogP contribution in [0.4, 0.5) is 0 Å². The standard InChI is InChI=1S/C27H40O4/c1-15-13-18(28)22(30)17-14-27(31-23(15)17)16(2)7-8-20-25(5)11-10-21(29)24(3,4)19(25)9-12-26(20,27)6/h13,16,19-21,28-30H,7-12,14H2,1-6H3/t16-,19-,20+,21-,25-,26+,27+/m0/s1. The summed E-state index contributed by atoms with van der Waals surface area (Å²) in [6.07, 6.45) is 6.91. The van der Waals surface area contributed by atoms with Gasteiger partial charge in [0.1, 0.15) is 11.4 Å². The molecule has 1 aromatic carbocycles. The van der Waals surface area contributed by atoms with Crippen LogP contribution in [0.2, 0.25) is 0 Å². The monoisotopic (exact) mass is 428 g/mol. The highest BCUT2D eigenvalue weighted by Gasteiger charge is 2.70. The smallest absolute Gasteiger partial charge is 0.164 e. The van der Waals surface area contributed by atoms with E-state index in [2.05, 4.69) is 34.6 Å². The number of aliphatic hydroxyl groups is 1. The number of ether oxygens (including phenoxy) is 1. The highest BCUT2D eigenvalue weighted by molar-refractivity contribution is 5.59. The Kier molecular flexibility index (Phi) is 4.38. The van der Waals surface area contributed by atoms with Crippen molar-refractivity contribution in [2.45, 2.75) is 98.2 Å². The Morgan fingerprint density at radius 3 is 2.39 bits per heavy atom. The highest BCUT2D eigenvalue weighted by Crippen LogP contribution is 2.72. The third kappa shape index (κ3) is 2.46. The lowest BCUT2D eigenvalue weighted by molar-refractivity contribution is -0.238. The maximum Gasteiger partial charge on any atom is 0.164 e. The summed E-state index contributed by atoms with van der Waals surface area (Å²) in [5, 5.41) is 31.8. The number of benzene rings is 1. The summed E-state index contributed by atoms with van der Waals surface area (Å²) in [6.45, 7) is 13.8. The molecule has 4 nitrogen and oxygen atoms in total. The average molecular weight is 429 g/mol. The minimum Gasteiger partial charge on any atom is -0.504 e. The second kappa shape index (κ2) is 6.34. The molecule has 0 aromatic heterocycles. The molecule has 3 N–H and O–H groups in total. The topological polar surface area (TPSA) is 69.9 Å². The fourth-order valence-electron chi connectivity index (χ4n) is 9.13. The van der Waals surface area contributed by atoms with Crippen LogP contribution in [0.3, 0.4) is 0 Å². The van der Waals surface area contributed by atoms with E-state index < -0.39 is 0 Å². The number of hydrogen-bond acceptors (Lipinski definition) is 4. The van der Waals surface area contributed by atoms with Crippen LogP contribution in [0.15, 0.2) is 6.07 Å². The maximum absolute atomic E-state index is 10.8. The number of aliphatic hydroxyl groups excluding tert-OH is 1. The second-order valence-corrected chi connectivity index (χ2v) is 12.5. The predicted octanol–water partition coefficient (Wildman–Crippen LogP) is 5.73. The molecule has 1 aliphatic heterocycles. The van der Waals surface area contributed by atoms with Crippen molar-refractivity contribution in [1.29, 1.82) is 0 Å². The molecule has 172 valence electrons. The van der Waals surface area contributed by atoms with Gasteiger partial charge in [0.15, 0.2) is 11.5 Å². The Hall–Kier alpha value is -1.42. The van der Waals surface area contributed by atoms with E-state index in [1.165, 1.54) is 6.42 Å². The van der Waals surface area contributed by atoms with Gasteiger partial charge in [0.05, 0.1) is 6.10 Å². The van der Waals surface area contributed by atoms with Crippen molar-refractivity contribution in [3.63, 3.8) is 0 Å². The van der Waals surface area contributed by atoms with Gasteiger partial charge in [0.2, 0.25) is 0 Å². The van der Waals surface area contributed by atoms with Crippen molar-refractivity contribution in [3.8, 4) is 17.2 Å². The fourth-order valence-corrected chi connectivity index (χ4v) is 9.13. The van der Waals surface area contributed by atoms with E-state index in [0.717, 1.165) is 49.0 Å². The minimum absolute atomic E-state index is 0.00258. The van der Waals surface area contributed by atoms with Crippen molar-refractivity contribution < 1.29 is 20.1 Å². The van der Waals surface area contributed by atoms with E-state index >= 15 is 0 Å². The summed E-state index contributed by atoms with van der Waals surface area (Å²) in [7, 11) is 0. The summed E-state index contributed by atoms with van der Waals surface area (Å²) in [5.41, 5.74) is 1.44. The molecule has 0 amide bonds. The van der Waals surface area contributed by atoms with Crippen LogP contribution in [0, 0.1) is 40.9 Å².